The van der Waals surface area contributed by atoms with Gasteiger partial charge in [-0.25, -0.2) is 4.39 Å². The van der Waals surface area contributed by atoms with Crippen molar-refractivity contribution in [2.45, 2.75) is 31.9 Å². The third-order valence-electron chi connectivity index (χ3n) is 3.27. The fourth-order valence-electron chi connectivity index (χ4n) is 2.28. The van der Waals surface area contributed by atoms with E-state index in [1.54, 1.807) is 18.2 Å². The summed E-state index contributed by atoms with van der Waals surface area (Å²) in [6, 6.07) is 5.20. The van der Waals surface area contributed by atoms with Crippen LogP contribution in [0, 0.1) is 5.92 Å². The van der Waals surface area contributed by atoms with Crippen LogP contribution in [0.2, 0.25) is 5.02 Å². The van der Waals surface area contributed by atoms with Crippen LogP contribution >= 0.6 is 11.6 Å². The summed E-state index contributed by atoms with van der Waals surface area (Å²) in [6.45, 7) is -0.641. The van der Waals surface area contributed by atoms with Crippen molar-refractivity contribution in [1.82, 2.24) is 0 Å². The summed E-state index contributed by atoms with van der Waals surface area (Å²) in [5.74, 6) is -0.571. The highest BCUT2D eigenvalue weighted by Gasteiger charge is 2.35. The van der Waals surface area contributed by atoms with Crippen molar-refractivity contribution in [3.8, 4) is 0 Å². The Morgan fingerprint density at radius 2 is 2.24 bits per heavy atom. The standard InChI is InChI=1S/C13H14ClFO2/c14-12-3-1-2-9(11(12)7-15)10(6-13(16)17)8-4-5-8/h1-3,8,10H,4-7H2,(H,16,17). The SMILES string of the molecule is O=C(O)CC(c1cccc(Cl)c1CF)C1CC1. The molecular weight excluding hydrogens is 243 g/mol. The molecule has 1 fully saturated rings. The first-order valence-corrected chi connectivity index (χ1v) is 6.06. The molecule has 0 saturated heterocycles. The molecule has 4 heteroatoms. The fourth-order valence-corrected chi connectivity index (χ4v) is 2.51. The van der Waals surface area contributed by atoms with Gasteiger partial charge in [0.25, 0.3) is 0 Å². The molecule has 1 atom stereocenters. The third-order valence-corrected chi connectivity index (χ3v) is 3.63. The largest absolute Gasteiger partial charge is 0.481 e. The molecule has 1 aromatic rings. The Labute approximate surface area is 104 Å². The van der Waals surface area contributed by atoms with Gasteiger partial charge in [-0.3, -0.25) is 4.79 Å². The summed E-state index contributed by atoms with van der Waals surface area (Å²) in [5.41, 5.74) is 1.22. The van der Waals surface area contributed by atoms with Crippen LogP contribution in [-0.4, -0.2) is 11.1 Å². The van der Waals surface area contributed by atoms with Gasteiger partial charge in [0.2, 0.25) is 0 Å². The molecule has 1 unspecified atom stereocenters. The number of carbonyl (C=O) groups is 1. The van der Waals surface area contributed by atoms with Crippen LogP contribution in [0.3, 0.4) is 0 Å². The minimum Gasteiger partial charge on any atom is -0.481 e. The first-order valence-electron chi connectivity index (χ1n) is 5.68. The van der Waals surface area contributed by atoms with E-state index in [-0.39, 0.29) is 12.3 Å². The van der Waals surface area contributed by atoms with Crippen molar-refractivity contribution in [2.75, 3.05) is 0 Å². The zero-order valence-corrected chi connectivity index (χ0v) is 10.1. The Balaban J connectivity index is 2.34. The predicted molar refractivity (Wildman–Crippen MR) is 64.0 cm³/mol. The van der Waals surface area contributed by atoms with Crippen LogP contribution in [0.4, 0.5) is 4.39 Å². The van der Waals surface area contributed by atoms with Gasteiger partial charge >= 0.3 is 5.97 Å². The number of hydrogen-bond donors (Lipinski definition) is 1. The summed E-state index contributed by atoms with van der Waals surface area (Å²) >= 11 is 5.95. The van der Waals surface area contributed by atoms with Crippen molar-refractivity contribution in [2.24, 2.45) is 5.92 Å². The molecule has 2 rings (SSSR count). The van der Waals surface area contributed by atoms with Gasteiger partial charge in [0.1, 0.15) is 6.67 Å². The molecule has 0 bridgehead atoms. The Kier molecular flexibility index (Phi) is 3.67. The fraction of sp³-hybridized carbons (Fsp3) is 0.462. The number of halogens is 2. The monoisotopic (exact) mass is 256 g/mol. The third kappa shape index (κ3) is 2.78. The maximum absolute atomic E-state index is 13.0. The Bertz CT molecular complexity index is 429. The minimum atomic E-state index is -0.841. The van der Waals surface area contributed by atoms with Crippen LogP contribution < -0.4 is 0 Å². The smallest absolute Gasteiger partial charge is 0.303 e. The van der Waals surface area contributed by atoms with Crippen LogP contribution in [0.1, 0.15) is 36.3 Å². The van der Waals surface area contributed by atoms with E-state index in [1.165, 1.54) is 0 Å². The molecule has 1 aromatic carbocycles. The second-order valence-corrected chi connectivity index (χ2v) is 4.89. The number of rotatable bonds is 5. The highest BCUT2D eigenvalue weighted by Crippen LogP contribution is 2.46. The zero-order valence-electron chi connectivity index (χ0n) is 9.33. The normalized spacial score (nSPS) is 16.8. The van der Waals surface area contributed by atoms with Gasteiger partial charge in [-0.15, -0.1) is 0 Å². The van der Waals surface area contributed by atoms with E-state index < -0.39 is 12.6 Å². The van der Waals surface area contributed by atoms with Crippen molar-refractivity contribution in [3.05, 3.63) is 34.3 Å². The number of carboxylic acid groups (broad SMARTS) is 1. The molecule has 0 amide bonds. The average molecular weight is 257 g/mol. The zero-order chi connectivity index (χ0) is 12.4. The van der Waals surface area contributed by atoms with Gasteiger partial charge in [-0.1, -0.05) is 23.7 Å². The molecule has 0 spiro atoms. The highest BCUT2D eigenvalue weighted by molar-refractivity contribution is 6.31. The number of aliphatic carboxylic acids is 1. The van der Waals surface area contributed by atoms with Gasteiger partial charge < -0.3 is 5.11 Å². The number of carboxylic acids is 1. The van der Waals surface area contributed by atoms with Crippen LogP contribution in [0.5, 0.6) is 0 Å². The molecule has 1 aliphatic rings. The lowest BCUT2D eigenvalue weighted by Gasteiger charge is -2.18. The van der Waals surface area contributed by atoms with Gasteiger partial charge in [0.15, 0.2) is 0 Å². The van der Waals surface area contributed by atoms with E-state index in [0.717, 1.165) is 18.4 Å². The highest BCUT2D eigenvalue weighted by atomic mass is 35.5. The Hall–Kier alpha value is -1.09. The van der Waals surface area contributed by atoms with E-state index in [2.05, 4.69) is 0 Å². The van der Waals surface area contributed by atoms with Gasteiger partial charge in [-0.05, 0) is 36.3 Å². The van der Waals surface area contributed by atoms with Crippen LogP contribution in [-0.2, 0) is 11.5 Å². The number of alkyl halides is 1. The molecule has 17 heavy (non-hydrogen) atoms. The summed E-state index contributed by atoms with van der Waals surface area (Å²) in [7, 11) is 0. The molecule has 0 radical (unpaired) electrons. The topological polar surface area (TPSA) is 37.3 Å². The summed E-state index contributed by atoms with van der Waals surface area (Å²) in [6.07, 6.45) is 2.10. The first-order chi connectivity index (χ1) is 8.13. The molecule has 1 saturated carbocycles. The van der Waals surface area contributed by atoms with Crippen LogP contribution in [0.15, 0.2) is 18.2 Å². The molecule has 1 N–H and O–H groups in total. The van der Waals surface area contributed by atoms with E-state index in [0.29, 0.717) is 16.5 Å². The molecule has 0 aliphatic heterocycles. The van der Waals surface area contributed by atoms with Crippen molar-refractivity contribution >= 4 is 17.6 Å². The lowest BCUT2D eigenvalue weighted by molar-refractivity contribution is -0.137. The minimum absolute atomic E-state index is 0.0536. The second kappa shape index (κ2) is 5.05. The number of hydrogen-bond acceptors (Lipinski definition) is 1. The Morgan fingerprint density at radius 1 is 1.53 bits per heavy atom. The summed E-state index contributed by atoms with van der Waals surface area (Å²) in [5, 5.41) is 9.32. The van der Waals surface area contributed by atoms with Crippen LogP contribution in [0.25, 0.3) is 0 Å². The quantitative estimate of drug-likeness (QED) is 0.871. The van der Waals surface area contributed by atoms with Crippen molar-refractivity contribution < 1.29 is 14.3 Å². The van der Waals surface area contributed by atoms with E-state index in [4.69, 9.17) is 16.7 Å². The maximum Gasteiger partial charge on any atom is 0.303 e. The van der Waals surface area contributed by atoms with E-state index >= 15 is 0 Å². The molecule has 92 valence electrons. The van der Waals surface area contributed by atoms with Gasteiger partial charge in [0, 0.05) is 10.6 Å². The summed E-state index contributed by atoms with van der Waals surface area (Å²) in [4.78, 5) is 10.9. The molecule has 0 aromatic heterocycles. The van der Waals surface area contributed by atoms with Gasteiger partial charge in [0.05, 0.1) is 6.42 Å². The van der Waals surface area contributed by atoms with Gasteiger partial charge in [-0.2, -0.15) is 0 Å². The molecule has 1 aliphatic carbocycles. The molecule has 0 heterocycles. The molecular formula is C13H14ClFO2. The summed E-state index contributed by atoms with van der Waals surface area (Å²) < 4.78 is 13.0. The predicted octanol–water partition coefficient (Wildman–Crippen LogP) is 3.78. The second-order valence-electron chi connectivity index (χ2n) is 4.48. The first kappa shape index (κ1) is 12.4. The maximum atomic E-state index is 13.0. The number of benzene rings is 1. The average Bonchev–Trinajstić information content (AvgIpc) is 3.09. The van der Waals surface area contributed by atoms with E-state index in [1.807, 2.05) is 0 Å². The van der Waals surface area contributed by atoms with E-state index in [9.17, 15) is 9.18 Å². The lowest BCUT2D eigenvalue weighted by atomic mass is 9.88. The van der Waals surface area contributed by atoms with Crippen molar-refractivity contribution in [3.63, 3.8) is 0 Å². The lowest BCUT2D eigenvalue weighted by Crippen LogP contribution is -2.10. The Morgan fingerprint density at radius 3 is 2.76 bits per heavy atom. The molecule has 2 nitrogen and oxygen atoms in total. The van der Waals surface area contributed by atoms with Crippen molar-refractivity contribution in [1.29, 1.82) is 0 Å².